The molecular formula is C20H17ClN4O2. The zero-order valence-electron chi connectivity index (χ0n) is 14.6. The quantitative estimate of drug-likeness (QED) is 0.720. The third kappa shape index (κ3) is 3.31. The number of halogens is 1. The summed E-state index contributed by atoms with van der Waals surface area (Å²) >= 11 is 5.88. The first kappa shape index (κ1) is 17.3. The second-order valence-corrected chi connectivity index (χ2v) is 6.83. The Labute approximate surface area is 161 Å². The fourth-order valence-electron chi connectivity index (χ4n) is 3.17. The molecule has 0 spiro atoms. The van der Waals surface area contributed by atoms with Crippen LogP contribution in [0, 0.1) is 6.92 Å². The Balaban J connectivity index is 1.69. The van der Waals surface area contributed by atoms with Crippen molar-refractivity contribution in [3.05, 3.63) is 65.2 Å². The molecule has 27 heavy (non-hydrogen) atoms. The van der Waals surface area contributed by atoms with Crippen LogP contribution in [0.5, 0.6) is 0 Å². The molecule has 0 aliphatic carbocycles. The van der Waals surface area contributed by atoms with Crippen LogP contribution >= 0.6 is 11.6 Å². The summed E-state index contributed by atoms with van der Waals surface area (Å²) in [6, 6.07) is 15.8. The molecule has 0 fully saturated rings. The molecule has 0 saturated carbocycles. The summed E-state index contributed by atoms with van der Waals surface area (Å²) < 4.78 is 1.60. The van der Waals surface area contributed by atoms with Crippen LogP contribution in [0.2, 0.25) is 5.02 Å². The summed E-state index contributed by atoms with van der Waals surface area (Å²) in [4.78, 5) is 25.0. The largest absolute Gasteiger partial charge is 0.324 e. The van der Waals surface area contributed by atoms with Gasteiger partial charge in [0.1, 0.15) is 11.9 Å². The number of hydrogen-bond acceptors (Lipinski definition) is 3. The van der Waals surface area contributed by atoms with E-state index in [4.69, 9.17) is 11.6 Å². The zero-order valence-corrected chi connectivity index (χ0v) is 15.3. The van der Waals surface area contributed by atoms with Crippen molar-refractivity contribution in [3.63, 3.8) is 0 Å². The van der Waals surface area contributed by atoms with Crippen molar-refractivity contribution in [1.29, 1.82) is 0 Å². The van der Waals surface area contributed by atoms with Crippen LogP contribution in [0.3, 0.4) is 0 Å². The molecule has 0 radical (unpaired) electrons. The normalized spacial score (nSPS) is 15.8. The van der Waals surface area contributed by atoms with Gasteiger partial charge < -0.3 is 10.6 Å². The van der Waals surface area contributed by atoms with Gasteiger partial charge in [0.2, 0.25) is 11.8 Å². The summed E-state index contributed by atoms with van der Waals surface area (Å²) in [5, 5.41) is 10.9. The number of amides is 2. The Bertz CT molecular complexity index is 1010. The first-order valence-electron chi connectivity index (χ1n) is 8.54. The molecule has 1 atom stereocenters. The van der Waals surface area contributed by atoms with E-state index in [0.29, 0.717) is 16.5 Å². The molecule has 6 nitrogen and oxygen atoms in total. The van der Waals surface area contributed by atoms with E-state index in [0.717, 1.165) is 16.8 Å². The number of benzene rings is 2. The second kappa shape index (κ2) is 6.89. The van der Waals surface area contributed by atoms with Crippen LogP contribution in [0.25, 0.3) is 11.3 Å². The average molecular weight is 381 g/mol. The number of anilines is 2. The highest BCUT2D eigenvalue weighted by Crippen LogP contribution is 2.34. The third-order valence-corrected chi connectivity index (χ3v) is 4.79. The lowest BCUT2D eigenvalue weighted by Crippen LogP contribution is -2.35. The Morgan fingerprint density at radius 1 is 1.19 bits per heavy atom. The number of fused-ring (bicyclic) bond motifs is 1. The summed E-state index contributed by atoms with van der Waals surface area (Å²) in [6.07, 6.45) is 0.0295. The highest BCUT2D eigenvalue weighted by atomic mass is 35.5. The smallest absolute Gasteiger partial charge is 0.249 e. The Hall–Kier alpha value is -3.12. The van der Waals surface area contributed by atoms with Crippen molar-refractivity contribution in [2.24, 2.45) is 0 Å². The van der Waals surface area contributed by atoms with Gasteiger partial charge in [0, 0.05) is 21.8 Å². The maximum atomic E-state index is 12.8. The molecule has 2 aromatic carbocycles. The molecule has 1 aliphatic heterocycles. The SMILES string of the molecule is Cc1c(-c2ccccc2)nn2c1NC(=O)C[C@@H]2C(=O)Nc1ccc(Cl)cc1. The van der Waals surface area contributed by atoms with Gasteiger partial charge in [-0.3, -0.25) is 9.59 Å². The van der Waals surface area contributed by atoms with E-state index in [1.165, 1.54) is 0 Å². The topological polar surface area (TPSA) is 76.0 Å². The predicted molar refractivity (Wildman–Crippen MR) is 105 cm³/mol. The molecule has 0 unspecified atom stereocenters. The zero-order chi connectivity index (χ0) is 19.0. The van der Waals surface area contributed by atoms with Crippen LogP contribution in [0.4, 0.5) is 11.5 Å². The van der Waals surface area contributed by atoms with Gasteiger partial charge in [-0.15, -0.1) is 0 Å². The van der Waals surface area contributed by atoms with Crippen LogP contribution < -0.4 is 10.6 Å². The number of carbonyl (C=O) groups excluding carboxylic acids is 2. The minimum absolute atomic E-state index is 0.0295. The molecule has 3 aromatic rings. The molecule has 1 aliphatic rings. The maximum Gasteiger partial charge on any atom is 0.249 e. The van der Waals surface area contributed by atoms with Crippen molar-refractivity contribution in [2.75, 3.05) is 10.6 Å². The van der Waals surface area contributed by atoms with Crippen molar-refractivity contribution in [1.82, 2.24) is 9.78 Å². The van der Waals surface area contributed by atoms with Crippen molar-refractivity contribution >= 4 is 34.9 Å². The lowest BCUT2D eigenvalue weighted by molar-refractivity contribution is -0.125. The highest BCUT2D eigenvalue weighted by Gasteiger charge is 2.34. The number of rotatable bonds is 3. The molecule has 2 amide bonds. The van der Waals surface area contributed by atoms with Gasteiger partial charge in [-0.2, -0.15) is 5.10 Å². The first-order chi connectivity index (χ1) is 13.0. The maximum absolute atomic E-state index is 12.8. The molecule has 136 valence electrons. The number of nitrogens with zero attached hydrogens (tertiary/aromatic N) is 2. The molecule has 7 heteroatoms. The van der Waals surface area contributed by atoms with Gasteiger partial charge in [0.05, 0.1) is 12.1 Å². The van der Waals surface area contributed by atoms with Gasteiger partial charge in [-0.1, -0.05) is 41.9 Å². The predicted octanol–water partition coefficient (Wildman–Crippen LogP) is 4.03. The number of nitrogens with one attached hydrogen (secondary N) is 2. The fraction of sp³-hybridized carbons (Fsp3) is 0.150. The Kier molecular flexibility index (Phi) is 4.41. The van der Waals surface area contributed by atoms with Crippen LogP contribution in [0.15, 0.2) is 54.6 Å². The van der Waals surface area contributed by atoms with Crippen molar-refractivity contribution < 1.29 is 9.59 Å². The molecular weight excluding hydrogens is 364 g/mol. The average Bonchev–Trinajstić information content (AvgIpc) is 3.00. The number of carbonyl (C=O) groups is 2. The van der Waals surface area contributed by atoms with Gasteiger partial charge in [0.25, 0.3) is 0 Å². The van der Waals surface area contributed by atoms with E-state index in [1.54, 1.807) is 28.9 Å². The molecule has 2 heterocycles. The monoisotopic (exact) mass is 380 g/mol. The minimum Gasteiger partial charge on any atom is -0.324 e. The number of aromatic nitrogens is 2. The van der Waals surface area contributed by atoms with Crippen LogP contribution in [-0.4, -0.2) is 21.6 Å². The van der Waals surface area contributed by atoms with Crippen LogP contribution in [0.1, 0.15) is 18.0 Å². The lowest BCUT2D eigenvalue weighted by atomic mass is 10.1. The van der Waals surface area contributed by atoms with Gasteiger partial charge >= 0.3 is 0 Å². The first-order valence-corrected chi connectivity index (χ1v) is 8.91. The van der Waals surface area contributed by atoms with E-state index in [1.807, 2.05) is 37.3 Å². The lowest BCUT2D eigenvalue weighted by Gasteiger charge is -2.24. The summed E-state index contributed by atoms with van der Waals surface area (Å²) in [5.41, 5.74) is 3.13. The van der Waals surface area contributed by atoms with E-state index in [9.17, 15) is 9.59 Å². The Morgan fingerprint density at radius 2 is 1.89 bits per heavy atom. The van der Waals surface area contributed by atoms with E-state index < -0.39 is 6.04 Å². The van der Waals surface area contributed by atoms with Gasteiger partial charge in [-0.25, -0.2) is 4.68 Å². The Morgan fingerprint density at radius 3 is 2.59 bits per heavy atom. The van der Waals surface area contributed by atoms with E-state index in [2.05, 4.69) is 15.7 Å². The van der Waals surface area contributed by atoms with Crippen molar-refractivity contribution in [3.8, 4) is 11.3 Å². The van der Waals surface area contributed by atoms with Crippen LogP contribution in [-0.2, 0) is 9.59 Å². The number of hydrogen-bond donors (Lipinski definition) is 2. The fourth-order valence-corrected chi connectivity index (χ4v) is 3.30. The third-order valence-electron chi connectivity index (χ3n) is 4.54. The van der Waals surface area contributed by atoms with Gasteiger partial charge in [0.15, 0.2) is 0 Å². The summed E-state index contributed by atoms with van der Waals surface area (Å²) in [7, 11) is 0. The summed E-state index contributed by atoms with van der Waals surface area (Å²) in [5.74, 6) is 0.0539. The van der Waals surface area contributed by atoms with Crippen molar-refractivity contribution in [2.45, 2.75) is 19.4 Å². The molecule has 0 saturated heterocycles. The minimum atomic E-state index is -0.722. The summed E-state index contributed by atoms with van der Waals surface area (Å²) in [6.45, 7) is 1.89. The standard InChI is InChI=1S/C20H17ClN4O2/c1-12-18(13-5-3-2-4-6-13)24-25-16(11-17(26)23-19(12)25)20(27)22-15-9-7-14(21)8-10-15/h2-10,16H,11H2,1H3,(H,22,27)(H,23,26)/t16-/m1/s1. The highest BCUT2D eigenvalue weighted by molar-refractivity contribution is 6.30. The van der Waals surface area contributed by atoms with E-state index >= 15 is 0 Å². The molecule has 1 aromatic heterocycles. The van der Waals surface area contributed by atoms with Gasteiger partial charge in [-0.05, 0) is 31.2 Å². The molecule has 4 rings (SSSR count). The van der Waals surface area contributed by atoms with E-state index in [-0.39, 0.29) is 18.2 Å². The molecule has 2 N–H and O–H groups in total. The second-order valence-electron chi connectivity index (χ2n) is 6.40. The molecule has 0 bridgehead atoms.